The van der Waals surface area contributed by atoms with Crippen molar-refractivity contribution in [3.8, 4) is 11.5 Å². The third-order valence-electron chi connectivity index (χ3n) is 3.55. The summed E-state index contributed by atoms with van der Waals surface area (Å²) in [6, 6.07) is 22.2. The van der Waals surface area contributed by atoms with Gasteiger partial charge in [-0.05, 0) is 43.3 Å². The number of carbonyl (C=O) groups excluding carboxylic acids is 2. The molecule has 0 amide bonds. The van der Waals surface area contributed by atoms with Crippen LogP contribution in [0.1, 0.15) is 26.3 Å². The van der Waals surface area contributed by atoms with Crippen LogP contribution in [0.2, 0.25) is 0 Å². The van der Waals surface area contributed by atoms with E-state index in [1.165, 1.54) is 0 Å². The molecule has 0 unspecified atom stereocenters. The van der Waals surface area contributed by atoms with Crippen molar-refractivity contribution in [2.24, 2.45) is 0 Å². The molecule has 3 aromatic carbocycles. The molecule has 0 atom stereocenters. The van der Waals surface area contributed by atoms with Crippen LogP contribution in [-0.2, 0) is 0 Å². The second-order valence-corrected chi connectivity index (χ2v) is 5.45. The lowest BCUT2D eigenvalue weighted by Gasteiger charge is -2.10. The van der Waals surface area contributed by atoms with E-state index in [0.717, 1.165) is 5.56 Å². The van der Waals surface area contributed by atoms with Crippen molar-refractivity contribution < 1.29 is 19.1 Å². The zero-order valence-electron chi connectivity index (χ0n) is 13.6. The molecule has 4 heteroatoms. The Labute approximate surface area is 145 Å². The van der Waals surface area contributed by atoms with E-state index in [1.807, 2.05) is 25.1 Å². The number of esters is 2. The smallest absolute Gasteiger partial charge is 0.347 e. The molecule has 0 heterocycles. The molecule has 0 fully saturated rings. The minimum absolute atomic E-state index is 0.161. The third kappa shape index (κ3) is 4.12. The molecule has 0 N–H and O–H groups in total. The van der Waals surface area contributed by atoms with Crippen molar-refractivity contribution in [2.75, 3.05) is 0 Å². The Kier molecular flexibility index (Phi) is 4.90. The quantitative estimate of drug-likeness (QED) is 0.524. The molecule has 0 bridgehead atoms. The Morgan fingerprint density at radius 2 is 1.32 bits per heavy atom. The Morgan fingerprint density at radius 3 is 2.04 bits per heavy atom. The molecule has 0 spiro atoms. The van der Waals surface area contributed by atoms with Crippen molar-refractivity contribution >= 4 is 11.9 Å². The monoisotopic (exact) mass is 332 g/mol. The fourth-order valence-corrected chi connectivity index (χ4v) is 2.23. The van der Waals surface area contributed by atoms with Gasteiger partial charge in [0.2, 0.25) is 0 Å². The van der Waals surface area contributed by atoms with E-state index in [4.69, 9.17) is 9.47 Å². The minimum Gasteiger partial charge on any atom is -0.423 e. The zero-order chi connectivity index (χ0) is 17.6. The first-order chi connectivity index (χ1) is 12.1. The van der Waals surface area contributed by atoms with Gasteiger partial charge in [0, 0.05) is 0 Å². The summed E-state index contributed by atoms with van der Waals surface area (Å²) in [6.07, 6.45) is 0. The standard InChI is InChI=1S/C21H16O4/c1-15-11-13-17(14-12-15)24-21(23)18-9-5-6-10-19(18)25-20(22)16-7-3-2-4-8-16/h2-14H,1H3. The van der Waals surface area contributed by atoms with Crippen molar-refractivity contribution in [3.05, 3.63) is 95.6 Å². The predicted molar refractivity (Wildman–Crippen MR) is 94.0 cm³/mol. The Hall–Kier alpha value is -3.40. The van der Waals surface area contributed by atoms with Gasteiger partial charge < -0.3 is 9.47 Å². The molecule has 0 aromatic heterocycles. The van der Waals surface area contributed by atoms with Gasteiger partial charge in [-0.15, -0.1) is 0 Å². The van der Waals surface area contributed by atoms with Crippen molar-refractivity contribution in [1.82, 2.24) is 0 Å². The van der Waals surface area contributed by atoms with E-state index in [-0.39, 0.29) is 11.3 Å². The van der Waals surface area contributed by atoms with Gasteiger partial charge in [0.1, 0.15) is 17.1 Å². The lowest BCUT2D eigenvalue weighted by atomic mass is 10.2. The molecule has 25 heavy (non-hydrogen) atoms. The van der Waals surface area contributed by atoms with Crippen LogP contribution < -0.4 is 9.47 Å². The van der Waals surface area contributed by atoms with E-state index in [0.29, 0.717) is 11.3 Å². The summed E-state index contributed by atoms with van der Waals surface area (Å²) < 4.78 is 10.7. The summed E-state index contributed by atoms with van der Waals surface area (Å²) in [5.74, 6) is -0.523. The molecule has 3 rings (SSSR count). The number of aryl methyl sites for hydroxylation is 1. The van der Waals surface area contributed by atoms with E-state index < -0.39 is 11.9 Å². The van der Waals surface area contributed by atoms with Crippen LogP contribution in [0.5, 0.6) is 11.5 Å². The zero-order valence-corrected chi connectivity index (χ0v) is 13.6. The summed E-state index contributed by atoms with van der Waals surface area (Å²) in [7, 11) is 0. The van der Waals surface area contributed by atoms with Crippen LogP contribution in [0.4, 0.5) is 0 Å². The molecular formula is C21H16O4. The van der Waals surface area contributed by atoms with Gasteiger partial charge in [0.25, 0.3) is 0 Å². The number of ether oxygens (including phenoxy) is 2. The van der Waals surface area contributed by atoms with Crippen LogP contribution in [0.15, 0.2) is 78.9 Å². The van der Waals surface area contributed by atoms with Crippen LogP contribution in [0, 0.1) is 6.92 Å². The summed E-state index contributed by atoms with van der Waals surface area (Å²) in [4.78, 5) is 24.6. The molecule has 0 saturated heterocycles. The van der Waals surface area contributed by atoms with E-state index in [9.17, 15) is 9.59 Å². The number of rotatable bonds is 4. The third-order valence-corrected chi connectivity index (χ3v) is 3.55. The van der Waals surface area contributed by atoms with Crippen LogP contribution in [0.3, 0.4) is 0 Å². The highest BCUT2D eigenvalue weighted by atomic mass is 16.5. The average molecular weight is 332 g/mol. The fourth-order valence-electron chi connectivity index (χ4n) is 2.23. The normalized spacial score (nSPS) is 10.1. The largest absolute Gasteiger partial charge is 0.423 e. The van der Waals surface area contributed by atoms with Crippen LogP contribution in [-0.4, -0.2) is 11.9 Å². The number of hydrogen-bond acceptors (Lipinski definition) is 4. The Morgan fingerprint density at radius 1 is 0.680 bits per heavy atom. The minimum atomic E-state index is -0.583. The highest BCUT2D eigenvalue weighted by molar-refractivity contribution is 5.97. The van der Waals surface area contributed by atoms with Gasteiger partial charge in [-0.3, -0.25) is 0 Å². The molecule has 4 nitrogen and oxygen atoms in total. The first kappa shape index (κ1) is 16.5. The molecule has 0 aliphatic rings. The van der Waals surface area contributed by atoms with E-state index in [2.05, 4.69) is 0 Å². The fraction of sp³-hybridized carbons (Fsp3) is 0.0476. The Bertz CT molecular complexity index is 883. The van der Waals surface area contributed by atoms with Gasteiger partial charge in [-0.2, -0.15) is 0 Å². The number of carbonyl (C=O) groups is 2. The van der Waals surface area contributed by atoms with Gasteiger partial charge in [0.15, 0.2) is 0 Å². The highest BCUT2D eigenvalue weighted by Crippen LogP contribution is 2.22. The second kappa shape index (κ2) is 7.45. The molecule has 0 aliphatic carbocycles. The molecule has 0 saturated carbocycles. The summed E-state index contributed by atoms with van der Waals surface area (Å²) in [5, 5.41) is 0. The van der Waals surface area contributed by atoms with Crippen LogP contribution >= 0.6 is 0 Å². The molecule has 0 aliphatic heterocycles. The van der Waals surface area contributed by atoms with Crippen molar-refractivity contribution in [3.63, 3.8) is 0 Å². The van der Waals surface area contributed by atoms with Gasteiger partial charge in [0.05, 0.1) is 5.56 Å². The number of para-hydroxylation sites is 1. The maximum absolute atomic E-state index is 12.4. The van der Waals surface area contributed by atoms with Crippen molar-refractivity contribution in [2.45, 2.75) is 6.92 Å². The molecule has 124 valence electrons. The van der Waals surface area contributed by atoms with Gasteiger partial charge >= 0.3 is 11.9 Å². The summed E-state index contributed by atoms with van der Waals surface area (Å²) in [5.41, 5.74) is 1.66. The molecule has 3 aromatic rings. The lowest BCUT2D eigenvalue weighted by Crippen LogP contribution is -2.14. The van der Waals surface area contributed by atoms with Gasteiger partial charge in [-0.25, -0.2) is 9.59 Å². The number of hydrogen-bond donors (Lipinski definition) is 0. The summed E-state index contributed by atoms with van der Waals surface area (Å²) >= 11 is 0. The van der Waals surface area contributed by atoms with E-state index >= 15 is 0 Å². The number of benzene rings is 3. The first-order valence-electron chi connectivity index (χ1n) is 7.78. The van der Waals surface area contributed by atoms with Crippen molar-refractivity contribution in [1.29, 1.82) is 0 Å². The SMILES string of the molecule is Cc1ccc(OC(=O)c2ccccc2OC(=O)c2ccccc2)cc1. The second-order valence-electron chi connectivity index (χ2n) is 5.45. The maximum Gasteiger partial charge on any atom is 0.347 e. The van der Waals surface area contributed by atoms with Gasteiger partial charge in [-0.1, -0.05) is 48.0 Å². The maximum atomic E-state index is 12.4. The lowest BCUT2D eigenvalue weighted by molar-refractivity contribution is 0.0707. The molecule has 0 radical (unpaired) electrons. The first-order valence-corrected chi connectivity index (χ1v) is 7.78. The Balaban J connectivity index is 1.79. The van der Waals surface area contributed by atoms with Crippen LogP contribution in [0.25, 0.3) is 0 Å². The average Bonchev–Trinajstić information content (AvgIpc) is 2.64. The van der Waals surface area contributed by atoms with E-state index in [1.54, 1.807) is 60.7 Å². The summed E-state index contributed by atoms with van der Waals surface area (Å²) in [6.45, 7) is 1.95. The predicted octanol–water partition coefficient (Wildman–Crippen LogP) is 4.43. The highest BCUT2D eigenvalue weighted by Gasteiger charge is 2.17. The molecular weight excluding hydrogens is 316 g/mol. The topological polar surface area (TPSA) is 52.6 Å².